The van der Waals surface area contributed by atoms with Crippen LogP contribution in [-0.2, 0) is 0 Å². The number of nitrogens with zero attached hydrogens (tertiary/aromatic N) is 1. The quantitative estimate of drug-likeness (QED) is 0.823. The van der Waals surface area contributed by atoms with Crippen molar-refractivity contribution in [3.63, 3.8) is 0 Å². The Morgan fingerprint density at radius 3 is 2.65 bits per heavy atom. The van der Waals surface area contributed by atoms with Gasteiger partial charge in [0.1, 0.15) is 11.3 Å². The normalized spacial score (nSPS) is 12.5. The van der Waals surface area contributed by atoms with Gasteiger partial charge >= 0.3 is 5.97 Å². The maximum absolute atomic E-state index is 10.9. The van der Waals surface area contributed by atoms with Crippen LogP contribution < -0.4 is 4.74 Å². The fourth-order valence-corrected chi connectivity index (χ4v) is 1.37. The zero-order chi connectivity index (χ0) is 12.8. The highest BCUT2D eigenvalue weighted by atomic mass is 16.5. The van der Waals surface area contributed by atoms with Gasteiger partial charge in [-0.1, -0.05) is 12.1 Å². The highest BCUT2D eigenvalue weighted by Gasteiger charge is 2.10. The van der Waals surface area contributed by atoms with E-state index in [0.29, 0.717) is 18.4 Å². The van der Waals surface area contributed by atoms with E-state index < -0.39 is 5.97 Å². The van der Waals surface area contributed by atoms with Crippen molar-refractivity contribution in [1.29, 1.82) is 0 Å². The molecule has 1 unspecified atom stereocenters. The summed E-state index contributed by atoms with van der Waals surface area (Å²) in [6.07, 6.45) is 0.862. The van der Waals surface area contributed by atoms with Crippen LogP contribution in [0.25, 0.3) is 0 Å². The minimum atomic E-state index is -0.957. The van der Waals surface area contributed by atoms with E-state index in [4.69, 9.17) is 9.84 Å². The van der Waals surface area contributed by atoms with Gasteiger partial charge in [0.05, 0.1) is 6.61 Å². The van der Waals surface area contributed by atoms with Crippen molar-refractivity contribution in [2.75, 3.05) is 20.7 Å². The van der Waals surface area contributed by atoms with Gasteiger partial charge in [-0.05, 0) is 39.6 Å². The van der Waals surface area contributed by atoms with Crippen LogP contribution in [0.15, 0.2) is 24.3 Å². The molecule has 0 heterocycles. The Labute approximate surface area is 102 Å². The number of rotatable bonds is 6. The molecule has 0 aliphatic carbocycles. The van der Waals surface area contributed by atoms with Crippen LogP contribution in [0.5, 0.6) is 5.75 Å². The van der Waals surface area contributed by atoms with Crippen molar-refractivity contribution < 1.29 is 14.6 Å². The monoisotopic (exact) mass is 237 g/mol. The topological polar surface area (TPSA) is 49.8 Å². The third-order valence-electron chi connectivity index (χ3n) is 2.79. The molecule has 0 aromatic heterocycles. The van der Waals surface area contributed by atoms with E-state index >= 15 is 0 Å². The Hall–Kier alpha value is -1.55. The van der Waals surface area contributed by atoms with Gasteiger partial charge in [-0.15, -0.1) is 0 Å². The van der Waals surface area contributed by atoms with Gasteiger partial charge in [-0.3, -0.25) is 0 Å². The minimum absolute atomic E-state index is 0.213. The molecule has 1 rings (SSSR count). The van der Waals surface area contributed by atoms with Gasteiger partial charge in [0.2, 0.25) is 0 Å². The minimum Gasteiger partial charge on any atom is -0.493 e. The molecule has 0 spiro atoms. The summed E-state index contributed by atoms with van der Waals surface area (Å²) in [5.74, 6) is -0.521. The molecule has 94 valence electrons. The molecule has 1 aromatic carbocycles. The lowest BCUT2D eigenvalue weighted by Crippen LogP contribution is -2.26. The second-order valence-electron chi connectivity index (χ2n) is 4.25. The molecular formula is C13H19NO3. The van der Waals surface area contributed by atoms with Crippen molar-refractivity contribution in [2.45, 2.75) is 19.4 Å². The SMILES string of the molecule is CC(CCOc1ccccc1C(=O)O)N(C)C. The highest BCUT2D eigenvalue weighted by Crippen LogP contribution is 2.18. The summed E-state index contributed by atoms with van der Waals surface area (Å²) in [6.45, 7) is 2.62. The van der Waals surface area contributed by atoms with Gasteiger partial charge in [-0.2, -0.15) is 0 Å². The molecule has 4 nitrogen and oxygen atoms in total. The highest BCUT2D eigenvalue weighted by molar-refractivity contribution is 5.90. The predicted octanol–water partition coefficient (Wildman–Crippen LogP) is 2.10. The van der Waals surface area contributed by atoms with Crippen LogP contribution in [0.3, 0.4) is 0 Å². The van der Waals surface area contributed by atoms with Crippen LogP contribution in [0, 0.1) is 0 Å². The zero-order valence-electron chi connectivity index (χ0n) is 10.5. The number of carboxylic acid groups (broad SMARTS) is 1. The number of hydrogen-bond donors (Lipinski definition) is 1. The van der Waals surface area contributed by atoms with Gasteiger partial charge in [0.15, 0.2) is 0 Å². The average Bonchev–Trinajstić information content (AvgIpc) is 2.29. The van der Waals surface area contributed by atoms with E-state index in [1.807, 2.05) is 14.1 Å². The summed E-state index contributed by atoms with van der Waals surface area (Å²) in [6, 6.07) is 7.11. The smallest absolute Gasteiger partial charge is 0.339 e. The predicted molar refractivity (Wildman–Crippen MR) is 66.7 cm³/mol. The maximum Gasteiger partial charge on any atom is 0.339 e. The molecule has 0 aliphatic heterocycles. The summed E-state index contributed by atoms with van der Waals surface area (Å²) in [4.78, 5) is 13.0. The number of hydrogen-bond acceptors (Lipinski definition) is 3. The Balaban J connectivity index is 2.55. The van der Waals surface area contributed by atoms with Crippen LogP contribution in [0.2, 0.25) is 0 Å². The first-order chi connectivity index (χ1) is 8.02. The first-order valence-electron chi connectivity index (χ1n) is 5.64. The Morgan fingerprint density at radius 1 is 1.41 bits per heavy atom. The zero-order valence-corrected chi connectivity index (χ0v) is 10.5. The molecular weight excluding hydrogens is 218 g/mol. The lowest BCUT2D eigenvalue weighted by Gasteiger charge is -2.19. The van der Waals surface area contributed by atoms with Gasteiger partial charge in [0, 0.05) is 6.04 Å². The maximum atomic E-state index is 10.9. The van der Waals surface area contributed by atoms with E-state index in [-0.39, 0.29) is 5.56 Å². The molecule has 1 atom stereocenters. The summed E-state index contributed by atoms with van der Waals surface area (Å²) >= 11 is 0. The van der Waals surface area contributed by atoms with Crippen LogP contribution in [0.1, 0.15) is 23.7 Å². The third kappa shape index (κ3) is 4.07. The summed E-state index contributed by atoms with van der Waals surface area (Å²) < 4.78 is 5.51. The van der Waals surface area contributed by atoms with Crippen LogP contribution in [0.4, 0.5) is 0 Å². The summed E-state index contributed by atoms with van der Waals surface area (Å²) in [5, 5.41) is 8.97. The first-order valence-corrected chi connectivity index (χ1v) is 5.64. The van der Waals surface area contributed by atoms with E-state index in [9.17, 15) is 4.79 Å². The molecule has 0 bridgehead atoms. The van der Waals surface area contributed by atoms with E-state index in [1.165, 1.54) is 0 Å². The lowest BCUT2D eigenvalue weighted by atomic mass is 10.2. The van der Waals surface area contributed by atoms with Crippen LogP contribution >= 0.6 is 0 Å². The molecule has 0 aliphatic rings. The fraction of sp³-hybridized carbons (Fsp3) is 0.462. The van der Waals surface area contributed by atoms with Gasteiger partial charge in [-0.25, -0.2) is 4.79 Å². The number of para-hydroxylation sites is 1. The molecule has 0 radical (unpaired) electrons. The van der Waals surface area contributed by atoms with E-state index in [1.54, 1.807) is 24.3 Å². The number of ether oxygens (including phenoxy) is 1. The molecule has 0 fully saturated rings. The average molecular weight is 237 g/mol. The largest absolute Gasteiger partial charge is 0.493 e. The molecule has 4 heteroatoms. The standard InChI is InChI=1S/C13H19NO3/c1-10(14(2)3)8-9-17-12-7-5-4-6-11(12)13(15)16/h4-7,10H,8-9H2,1-3H3,(H,15,16). The van der Waals surface area contributed by atoms with Crippen molar-refractivity contribution in [1.82, 2.24) is 4.90 Å². The second-order valence-corrected chi connectivity index (χ2v) is 4.25. The molecule has 0 amide bonds. The van der Waals surface area contributed by atoms with Crippen molar-refractivity contribution in [2.24, 2.45) is 0 Å². The summed E-state index contributed by atoms with van der Waals surface area (Å²) in [7, 11) is 4.02. The number of benzene rings is 1. The Morgan fingerprint density at radius 2 is 2.06 bits per heavy atom. The number of carbonyl (C=O) groups is 1. The number of aromatic carboxylic acids is 1. The molecule has 1 aromatic rings. The molecule has 0 saturated heterocycles. The van der Waals surface area contributed by atoms with Crippen molar-refractivity contribution in [3.05, 3.63) is 29.8 Å². The van der Waals surface area contributed by atoms with E-state index in [2.05, 4.69) is 11.8 Å². The second kappa shape index (κ2) is 6.25. The van der Waals surface area contributed by atoms with Gasteiger partial charge < -0.3 is 14.7 Å². The van der Waals surface area contributed by atoms with Gasteiger partial charge in [0.25, 0.3) is 0 Å². The number of carboxylic acids is 1. The lowest BCUT2D eigenvalue weighted by molar-refractivity contribution is 0.0692. The fourth-order valence-electron chi connectivity index (χ4n) is 1.37. The summed E-state index contributed by atoms with van der Waals surface area (Å²) in [5.41, 5.74) is 0.213. The molecule has 1 N–H and O–H groups in total. The Bertz CT molecular complexity index is 377. The van der Waals surface area contributed by atoms with Crippen LogP contribution in [-0.4, -0.2) is 42.7 Å². The van der Waals surface area contributed by atoms with Crippen molar-refractivity contribution >= 4 is 5.97 Å². The molecule has 0 saturated carbocycles. The van der Waals surface area contributed by atoms with E-state index in [0.717, 1.165) is 6.42 Å². The first kappa shape index (κ1) is 13.5. The van der Waals surface area contributed by atoms with Crippen molar-refractivity contribution in [3.8, 4) is 5.75 Å². The molecule has 17 heavy (non-hydrogen) atoms. The third-order valence-corrected chi connectivity index (χ3v) is 2.79. The Kier molecular flexibility index (Phi) is 4.97.